The lowest BCUT2D eigenvalue weighted by atomic mass is 9.96. The van der Waals surface area contributed by atoms with Crippen molar-refractivity contribution in [1.82, 2.24) is 24.2 Å². The third-order valence-corrected chi connectivity index (χ3v) is 7.14. The van der Waals surface area contributed by atoms with E-state index < -0.39 is 17.6 Å². The number of alkyl halides is 3. The molecule has 2 aromatic heterocycles. The molecule has 41 heavy (non-hydrogen) atoms. The van der Waals surface area contributed by atoms with E-state index in [1.165, 1.54) is 6.07 Å². The second-order valence-corrected chi connectivity index (χ2v) is 10.2. The number of nitrogens with zero attached hydrogens (tertiary/aromatic N) is 5. The maximum absolute atomic E-state index is 13.8. The van der Waals surface area contributed by atoms with Crippen molar-refractivity contribution >= 4 is 17.2 Å². The number of rotatable bonds is 6. The highest BCUT2D eigenvalue weighted by Gasteiger charge is 2.31. The van der Waals surface area contributed by atoms with Crippen molar-refractivity contribution in [3.8, 4) is 11.8 Å². The summed E-state index contributed by atoms with van der Waals surface area (Å²) in [5, 5.41) is 2.74. The fourth-order valence-corrected chi connectivity index (χ4v) is 4.98. The number of likely N-dealkylation sites (N-methyl/N-ethyl adjacent to an activating group) is 1. The summed E-state index contributed by atoms with van der Waals surface area (Å²) in [7, 11) is 2.03. The van der Waals surface area contributed by atoms with Crippen LogP contribution in [0.15, 0.2) is 61.2 Å². The SMILES string of the molecule is CCCc1c(C#Cc2cnc3cnccn23)cccc1C(=O)Nc1cc(CN2CCN(C)CC2)cc(C(F)(F)F)c1. The fraction of sp³-hybridized carbons (Fsp3) is 0.323. The van der Waals surface area contributed by atoms with E-state index >= 15 is 0 Å². The molecule has 0 saturated carbocycles. The molecule has 0 radical (unpaired) electrons. The number of halogens is 3. The molecule has 0 aliphatic carbocycles. The molecule has 1 aliphatic heterocycles. The lowest BCUT2D eigenvalue weighted by molar-refractivity contribution is -0.137. The molecule has 5 rings (SSSR count). The molecule has 0 atom stereocenters. The maximum atomic E-state index is 13.8. The van der Waals surface area contributed by atoms with Crippen molar-refractivity contribution < 1.29 is 18.0 Å². The van der Waals surface area contributed by atoms with Crippen LogP contribution in [0.2, 0.25) is 0 Å². The first-order valence-corrected chi connectivity index (χ1v) is 13.6. The minimum absolute atomic E-state index is 0.118. The average molecular weight is 561 g/mol. The van der Waals surface area contributed by atoms with E-state index in [0.29, 0.717) is 41.0 Å². The molecule has 1 N–H and O–H groups in total. The molecule has 212 valence electrons. The zero-order valence-electron chi connectivity index (χ0n) is 23.0. The number of benzene rings is 2. The molecule has 0 unspecified atom stereocenters. The summed E-state index contributed by atoms with van der Waals surface area (Å²) in [5.74, 6) is 5.83. The molecule has 1 saturated heterocycles. The van der Waals surface area contributed by atoms with Gasteiger partial charge in [0.1, 0.15) is 5.69 Å². The van der Waals surface area contributed by atoms with Crippen LogP contribution >= 0.6 is 0 Å². The summed E-state index contributed by atoms with van der Waals surface area (Å²) in [6, 6.07) is 9.06. The van der Waals surface area contributed by atoms with E-state index in [0.717, 1.165) is 44.2 Å². The molecule has 4 aromatic rings. The summed E-state index contributed by atoms with van der Waals surface area (Å²) in [4.78, 5) is 26.2. The van der Waals surface area contributed by atoms with Gasteiger partial charge in [0.05, 0.1) is 18.0 Å². The molecule has 0 bridgehead atoms. The van der Waals surface area contributed by atoms with E-state index in [9.17, 15) is 18.0 Å². The Morgan fingerprint density at radius 1 is 1.07 bits per heavy atom. The Bertz CT molecular complexity index is 1610. The first-order valence-electron chi connectivity index (χ1n) is 13.6. The van der Waals surface area contributed by atoms with Crippen LogP contribution in [0.3, 0.4) is 0 Å². The number of carbonyl (C=O) groups excluding carboxylic acids is 1. The second-order valence-electron chi connectivity index (χ2n) is 10.2. The zero-order valence-corrected chi connectivity index (χ0v) is 23.0. The summed E-state index contributed by atoms with van der Waals surface area (Å²) in [6.45, 7) is 5.64. The standard InChI is InChI=1S/C31H31F3N6O/c1-3-5-27-23(8-9-26-19-36-29-20-35-10-11-40(26)29)6-4-7-28(27)30(41)37-25-17-22(16-24(18-25)31(32,33)34)21-39-14-12-38(2)13-15-39/h4,6-7,10-11,16-20H,3,5,12-15,21H2,1-2H3,(H,37,41). The van der Waals surface area contributed by atoms with Crippen molar-refractivity contribution in [2.45, 2.75) is 32.5 Å². The monoisotopic (exact) mass is 560 g/mol. The van der Waals surface area contributed by atoms with Crippen molar-refractivity contribution in [2.75, 3.05) is 38.5 Å². The second kappa shape index (κ2) is 12.1. The molecule has 0 spiro atoms. The van der Waals surface area contributed by atoms with Gasteiger partial charge in [-0.05, 0) is 60.8 Å². The Kier molecular flexibility index (Phi) is 8.38. The van der Waals surface area contributed by atoms with Crippen LogP contribution in [-0.2, 0) is 19.1 Å². The van der Waals surface area contributed by atoms with Crippen molar-refractivity contribution in [1.29, 1.82) is 0 Å². The Morgan fingerprint density at radius 3 is 2.63 bits per heavy atom. The first-order chi connectivity index (χ1) is 19.7. The predicted molar refractivity (Wildman–Crippen MR) is 152 cm³/mol. The van der Waals surface area contributed by atoms with Crippen molar-refractivity contribution in [2.24, 2.45) is 0 Å². The minimum Gasteiger partial charge on any atom is -0.322 e. The zero-order chi connectivity index (χ0) is 29.0. The normalized spacial score (nSPS) is 14.6. The van der Waals surface area contributed by atoms with E-state index in [2.05, 4.69) is 36.9 Å². The summed E-state index contributed by atoms with van der Waals surface area (Å²) in [5.41, 5.74) is 3.02. The molecule has 1 amide bonds. The molecule has 1 fully saturated rings. The van der Waals surface area contributed by atoms with Gasteiger partial charge < -0.3 is 10.2 Å². The summed E-state index contributed by atoms with van der Waals surface area (Å²) >= 11 is 0. The lowest BCUT2D eigenvalue weighted by Gasteiger charge is -2.32. The lowest BCUT2D eigenvalue weighted by Crippen LogP contribution is -2.43. The van der Waals surface area contributed by atoms with Gasteiger partial charge in [0.2, 0.25) is 0 Å². The van der Waals surface area contributed by atoms with Gasteiger partial charge in [-0.2, -0.15) is 13.2 Å². The third-order valence-electron chi connectivity index (χ3n) is 7.14. The summed E-state index contributed by atoms with van der Waals surface area (Å²) in [6.07, 6.45) is 3.54. The van der Waals surface area contributed by atoms with Gasteiger partial charge in [0.25, 0.3) is 5.91 Å². The molecule has 10 heteroatoms. The average Bonchev–Trinajstić information content (AvgIpc) is 3.36. The molecular weight excluding hydrogens is 529 g/mol. The van der Waals surface area contributed by atoms with Crippen LogP contribution in [-0.4, -0.2) is 63.3 Å². The van der Waals surface area contributed by atoms with E-state index in [1.807, 2.05) is 24.4 Å². The van der Waals surface area contributed by atoms with E-state index in [1.54, 1.807) is 43.0 Å². The number of piperazine rings is 1. The highest BCUT2D eigenvalue weighted by Crippen LogP contribution is 2.33. The number of nitrogens with one attached hydrogen (secondary N) is 1. The summed E-state index contributed by atoms with van der Waals surface area (Å²) < 4.78 is 43.2. The van der Waals surface area contributed by atoms with E-state index in [4.69, 9.17) is 0 Å². The smallest absolute Gasteiger partial charge is 0.322 e. The molecule has 7 nitrogen and oxygen atoms in total. The number of anilines is 1. The number of hydrogen-bond acceptors (Lipinski definition) is 5. The minimum atomic E-state index is -4.53. The van der Waals surface area contributed by atoms with Crippen molar-refractivity contribution in [3.63, 3.8) is 0 Å². The number of hydrogen-bond donors (Lipinski definition) is 1. The number of carbonyl (C=O) groups is 1. The van der Waals surface area contributed by atoms with Crippen LogP contribution in [0.25, 0.3) is 5.65 Å². The van der Waals surface area contributed by atoms with Gasteiger partial charge in [-0.1, -0.05) is 25.3 Å². The van der Waals surface area contributed by atoms with Gasteiger partial charge in [0, 0.05) is 61.9 Å². The maximum Gasteiger partial charge on any atom is 0.416 e. The van der Waals surface area contributed by atoms with Gasteiger partial charge in [-0.15, -0.1) is 0 Å². The van der Waals surface area contributed by atoms with E-state index in [-0.39, 0.29) is 5.69 Å². The highest BCUT2D eigenvalue weighted by atomic mass is 19.4. The number of fused-ring (bicyclic) bond motifs is 1. The van der Waals surface area contributed by atoms with Gasteiger partial charge in [-0.3, -0.25) is 19.1 Å². The third kappa shape index (κ3) is 6.76. The number of amides is 1. The van der Waals surface area contributed by atoms with Crippen LogP contribution in [0.1, 0.15) is 51.7 Å². The Balaban J connectivity index is 1.43. The van der Waals surface area contributed by atoms with Crippen LogP contribution < -0.4 is 5.32 Å². The van der Waals surface area contributed by atoms with Crippen LogP contribution in [0.5, 0.6) is 0 Å². The van der Waals surface area contributed by atoms with Crippen LogP contribution in [0.4, 0.5) is 18.9 Å². The Labute approximate surface area is 237 Å². The quantitative estimate of drug-likeness (QED) is 0.333. The Morgan fingerprint density at radius 2 is 1.88 bits per heavy atom. The topological polar surface area (TPSA) is 65.8 Å². The Hall–Kier alpha value is -4.20. The largest absolute Gasteiger partial charge is 0.416 e. The van der Waals surface area contributed by atoms with Gasteiger partial charge >= 0.3 is 6.18 Å². The number of aromatic nitrogens is 3. The van der Waals surface area contributed by atoms with Crippen LogP contribution in [0, 0.1) is 11.8 Å². The number of imidazole rings is 1. The highest BCUT2D eigenvalue weighted by molar-refractivity contribution is 6.05. The molecule has 2 aromatic carbocycles. The van der Waals surface area contributed by atoms with Gasteiger partial charge in [0.15, 0.2) is 5.65 Å². The molecular formula is C31H31F3N6O. The first kappa shape index (κ1) is 28.3. The molecule has 3 heterocycles. The predicted octanol–water partition coefficient (Wildman–Crippen LogP) is 5.10. The molecule has 1 aliphatic rings. The van der Waals surface area contributed by atoms with Crippen molar-refractivity contribution in [3.05, 3.63) is 94.7 Å². The fourth-order valence-electron chi connectivity index (χ4n) is 4.98. The van der Waals surface area contributed by atoms with Gasteiger partial charge in [-0.25, -0.2) is 4.98 Å².